The molecule has 0 radical (unpaired) electrons. The number of aromatic nitrogens is 2. The van der Waals surface area contributed by atoms with E-state index in [0.717, 1.165) is 38.5 Å². The third-order valence-corrected chi connectivity index (χ3v) is 5.21. The molecule has 8 heteroatoms. The highest BCUT2D eigenvalue weighted by Crippen LogP contribution is 2.24. The number of nitrogens with two attached hydrogens (primary N) is 1. The molecular formula is C13H15BrClN5S. The quantitative estimate of drug-likeness (QED) is 0.819. The molecule has 2 N–H and O–H groups in total. The highest BCUT2D eigenvalue weighted by atomic mass is 79.9. The molecule has 0 bridgehead atoms. The average molecular weight is 389 g/mol. The number of piperazine rings is 1. The highest BCUT2D eigenvalue weighted by Gasteiger charge is 2.19. The minimum atomic E-state index is 0.225. The number of rotatable bonds is 3. The number of anilines is 2. The van der Waals surface area contributed by atoms with Crippen LogP contribution in [0, 0.1) is 0 Å². The standard InChI is InChI=1S/C13H15BrClN5S/c14-10-2-1-9(21-10)8-19-3-5-20(6-4-19)12-7-11(15)17-13(16)18-12/h1-2,7H,3-6,8H2,(H2,16,17,18). The second-order valence-electron chi connectivity index (χ2n) is 4.88. The summed E-state index contributed by atoms with van der Waals surface area (Å²) in [6.07, 6.45) is 0. The molecule has 2 aromatic heterocycles. The van der Waals surface area contributed by atoms with Crippen molar-refractivity contribution in [2.24, 2.45) is 0 Å². The maximum absolute atomic E-state index is 5.94. The van der Waals surface area contributed by atoms with Crippen molar-refractivity contribution < 1.29 is 0 Å². The monoisotopic (exact) mass is 387 g/mol. The van der Waals surface area contributed by atoms with Gasteiger partial charge in [0, 0.05) is 43.7 Å². The zero-order valence-electron chi connectivity index (χ0n) is 11.3. The number of thiophene rings is 1. The molecule has 1 fully saturated rings. The van der Waals surface area contributed by atoms with Crippen LogP contribution in [-0.2, 0) is 6.54 Å². The molecule has 0 unspecified atom stereocenters. The van der Waals surface area contributed by atoms with Crippen molar-refractivity contribution in [2.75, 3.05) is 36.8 Å². The fraction of sp³-hybridized carbons (Fsp3) is 0.385. The maximum Gasteiger partial charge on any atom is 0.223 e. The lowest BCUT2D eigenvalue weighted by atomic mass is 10.3. The molecule has 0 saturated carbocycles. The predicted molar refractivity (Wildman–Crippen MR) is 91.0 cm³/mol. The molecular weight excluding hydrogens is 374 g/mol. The van der Waals surface area contributed by atoms with Gasteiger partial charge in [-0.25, -0.2) is 4.98 Å². The molecule has 0 aliphatic carbocycles. The molecule has 3 heterocycles. The Bertz CT molecular complexity index is 607. The lowest BCUT2D eigenvalue weighted by molar-refractivity contribution is 0.251. The Morgan fingerprint density at radius 3 is 2.62 bits per heavy atom. The van der Waals surface area contributed by atoms with Gasteiger partial charge in [0.05, 0.1) is 3.79 Å². The van der Waals surface area contributed by atoms with E-state index < -0.39 is 0 Å². The summed E-state index contributed by atoms with van der Waals surface area (Å²) in [4.78, 5) is 14.2. The fourth-order valence-corrected chi connectivity index (χ4v) is 4.09. The SMILES string of the molecule is Nc1nc(Cl)cc(N2CCN(Cc3ccc(Br)s3)CC2)n1. The average Bonchev–Trinajstić information content (AvgIpc) is 2.84. The third kappa shape index (κ3) is 3.85. The van der Waals surface area contributed by atoms with E-state index in [0.29, 0.717) is 5.15 Å². The Hall–Kier alpha value is -0.890. The second kappa shape index (κ2) is 6.48. The minimum absolute atomic E-state index is 0.225. The van der Waals surface area contributed by atoms with Crippen LogP contribution >= 0.6 is 38.9 Å². The molecule has 2 aromatic rings. The summed E-state index contributed by atoms with van der Waals surface area (Å²) >= 11 is 11.2. The second-order valence-corrected chi connectivity index (χ2v) is 7.81. The number of nitrogen functional groups attached to an aromatic ring is 1. The summed E-state index contributed by atoms with van der Waals surface area (Å²) in [5.74, 6) is 1.04. The van der Waals surface area contributed by atoms with Gasteiger partial charge in [0.15, 0.2) is 0 Å². The lowest BCUT2D eigenvalue weighted by Gasteiger charge is -2.35. The van der Waals surface area contributed by atoms with E-state index in [4.69, 9.17) is 17.3 Å². The van der Waals surface area contributed by atoms with Gasteiger partial charge < -0.3 is 10.6 Å². The van der Waals surface area contributed by atoms with Crippen molar-refractivity contribution in [1.29, 1.82) is 0 Å². The van der Waals surface area contributed by atoms with Gasteiger partial charge in [0.25, 0.3) is 0 Å². The first-order chi connectivity index (χ1) is 10.1. The number of hydrogen-bond donors (Lipinski definition) is 1. The van der Waals surface area contributed by atoms with Gasteiger partial charge in [0.2, 0.25) is 5.95 Å². The van der Waals surface area contributed by atoms with Crippen molar-refractivity contribution in [3.63, 3.8) is 0 Å². The first-order valence-electron chi connectivity index (χ1n) is 6.62. The van der Waals surface area contributed by atoms with Gasteiger partial charge in [-0.15, -0.1) is 11.3 Å². The summed E-state index contributed by atoms with van der Waals surface area (Å²) in [7, 11) is 0. The van der Waals surface area contributed by atoms with Crippen LogP contribution in [0.3, 0.4) is 0 Å². The van der Waals surface area contributed by atoms with Crippen LogP contribution in [0.25, 0.3) is 0 Å². The van der Waals surface area contributed by atoms with Crippen LogP contribution in [0.2, 0.25) is 5.15 Å². The molecule has 21 heavy (non-hydrogen) atoms. The molecule has 3 rings (SSSR count). The van der Waals surface area contributed by atoms with Crippen molar-refractivity contribution in [3.05, 3.63) is 32.0 Å². The zero-order valence-corrected chi connectivity index (χ0v) is 14.5. The van der Waals surface area contributed by atoms with E-state index in [1.807, 2.05) is 0 Å². The number of halogens is 2. The first kappa shape index (κ1) is 15.0. The van der Waals surface area contributed by atoms with Gasteiger partial charge in [-0.3, -0.25) is 4.90 Å². The lowest BCUT2D eigenvalue weighted by Crippen LogP contribution is -2.46. The van der Waals surface area contributed by atoms with E-state index in [2.05, 4.69) is 47.8 Å². The topological polar surface area (TPSA) is 58.3 Å². The Morgan fingerprint density at radius 2 is 2.00 bits per heavy atom. The van der Waals surface area contributed by atoms with Crippen LogP contribution in [0.1, 0.15) is 4.88 Å². The molecule has 112 valence electrons. The smallest absolute Gasteiger partial charge is 0.223 e. The molecule has 0 amide bonds. The molecule has 1 aliphatic heterocycles. The Balaban J connectivity index is 1.59. The van der Waals surface area contributed by atoms with E-state index >= 15 is 0 Å². The van der Waals surface area contributed by atoms with Gasteiger partial charge in [-0.1, -0.05) is 11.6 Å². The van der Waals surface area contributed by atoms with E-state index in [1.165, 1.54) is 8.66 Å². The number of hydrogen-bond acceptors (Lipinski definition) is 6. The first-order valence-corrected chi connectivity index (χ1v) is 8.60. The zero-order chi connectivity index (χ0) is 14.8. The largest absolute Gasteiger partial charge is 0.368 e. The van der Waals surface area contributed by atoms with Crippen LogP contribution < -0.4 is 10.6 Å². The summed E-state index contributed by atoms with van der Waals surface area (Å²) in [6.45, 7) is 4.82. The van der Waals surface area contributed by atoms with E-state index in [1.54, 1.807) is 17.4 Å². The Morgan fingerprint density at radius 1 is 1.24 bits per heavy atom. The summed E-state index contributed by atoms with van der Waals surface area (Å²) in [5.41, 5.74) is 5.65. The van der Waals surface area contributed by atoms with Gasteiger partial charge >= 0.3 is 0 Å². The van der Waals surface area contributed by atoms with E-state index in [9.17, 15) is 0 Å². The summed E-state index contributed by atoms with van der Waals surface area (Å²) in [5, 5.41) is 0.392. The van der Waals surface area contributed by atoms with Crippen LogP contribution in [-0.4, -0.2) is 41.0 Å². The number of nitrogens with zero attached hydrogens (tertiary/aromatic N) is 4. The summed E-state index contributed by atoms with van der Waals surface area (Å²) < 4.78 is 1.18. The molecule has 1 saturated heterocycles. The normalized spacial score (nSPS) is 16.4. The van der Waals surface area contributed by atoms with Crippen molar-refractivity contribution >= 4 is 50.6 Å². The molecule has 0 atom stereocenters. The Labute approximate surface area is 140 Å². The van der Waals surface area contributed by atoms with Crippen molar-refractivity contribution in [2.45, 2.75) is 6.54 Å². The Kier molecular flexibility index (Phi) is 4.63. The van der Waals surface area contributed by atoms with Crippen LogP contribution in [0.5, 0.6) is 0 Å². The third-order valence-electron chi connectivity index (χ3n) is 3.40. The fourth-order valence-electron chi connectivity index (χ4n) is 2.38. The minimum Gasteiger partial charge on any atom is -0.368 e. The van der Waals surface area contributed by atoms with E-state index in [-0.39, 0.29) is 5.95 Å². The van der Waals surface area contributed by atoms with Gasteiger partial charge in [-0.05, 0) is 28.1 Å². The van der Waals surface area contributed by atoms with Crippen LogP contribution in [0.4, 0.5) is 11.8 Å². The van der Waals surface area contributed by atoms with Crippen molar-refractivity contribution in [1.82, 2.24) is 14.9 Å². The molecule has 1 aliphatic rings. The predicted octanol–water partition coefficient (Wildman–Crippen LogP) is 2.86. The summed E-state index contributed by atoms with van der Waals surface area (Å²) in [6, 6.07) is 6.04. The molecule has 0 spiro atoms. The molecule has 0 aromatic carbocycles. The highest BCUT2D eigenvalue weighted by molar-refractivity contribution is 9.11. The van der Waals surface area contributed by atoms with Crippen LogP contribution in [0.15, 0.2) is 22.0 Å². The van der Waals surface area contributed by atoms with Crippen molar-refractivity contribution in [3.8, 4) is 0 Å². The van der Waals surface area contributed by atoms with Gasteiger partial charge in [0.1, 0.15) is 11.0 Å². The van der Waals surface area contributed by atoms with Gasteiger partial charge in [-0.2, -0.15) is 4.98 Å². The maximum atomic E-state index is 5.94. The molecule has 5 nitrogen and oxygen atoms in total.